The second-order valence-corrected chi connectivity index (χ2v) is 5.22. The minimum absolute atomic E-state index is 0.133. The fraction of sp³-hybridized carbons (Fsp3) is 0.0667. The Morgan fingerprint density at radius 3 is 2.09 bits per heavy atom. The van der Waals surface area contributed by atoms with Gasteiger partial charge in [0.25, 0.3) is 17.5 Å². The van der Waals surface area contributed by atoms with Crippen LogP contribution in [0.25, 0.3) is 0 Å². The van der Waals surface area contributed by atoms with Crippen molar-refractivity contribution in [1.82, 2.24) is 0 Å². The van der Waals surface area contributed by atoms with Crippen LogP contribution in [0.3, 0.4) is 0 Å². The zero-order valence-electron chi connectivity index (χ0n) is 11.2. The largest absolute Gasteiger partial charge is 0.275 e. The first-order chi connectivity index (χ1) is 10.6. The highest BCUT2D eigenvalue weighted by atomic mass is 79.9. The van der Waals surface area contributed by atoms with Crippen molar-refractivity contribution in [3.8, 4) is 0 Å². The predicted octanol–water partition coefficient (Wildman–Crippen LogP) is 3.29. The van der Waals surface area contributed by atoms with Crippen molar-refractivity contribution in [1.29, 1.82) is 0 Å². The van der Waals surface area contributed by atoms with Crippen LogP contribution in [0.1, 0.15) is 26.3 Å². The highest BCUT2D eigenvalue weighted by Gasteiger charge is 2.38. The highest BCUT2D eigenvalue weighted by Crippen LogP contribution is 2.35. The van der Waals surface area contributed by atoms with E-state index in [4.69, 9.17) is 0 Å². The summed E-state index contributed by atoms with van der Waals surface area (Å²) in [6.45, 7) is 0. The number of alkyl halides is 1. The second kappa shape index (κ2) is 5.34. The number of hydrogen-bond acceptors (Lipinski definition) is 4. The van der Waals surface area contributed by atoms with Gasteiger partial charge in [0.05, 0.1) is 27.3 Å². The van der Waals surface area contributed by atoms with E-state index in [2.05, 4.69) is 15.9 Å². The summed E-state index contributed by atoms with van der Waals surface area (Å²) >= 11 is 3.20. The lowest BCUT2D eigenvalue weighted by Gasteiger charge is -2.17. The number of benzene rings is 2. The maximum atomic E-state index is 12.5. The third-order valence-electron chi connectivity index (χ3n) is 3.49. The molecule has 0 unspecified atom stereocenters. The van der Waals surface area contributed by atoms with Crippen LogP contribution in [0.15, 0.2) is 42.5 Å². The maximum Gasteiger partial charge on any atom is 0.275 e. The number of fused-ring (bicyclic) bond motifs is 1. The number of amides is 2. The number of nitrogens with zero attached hydrogens (tertiary/aromatic N) is 2. The third kappa shape index (κ3) is 2.01. The molecule has 0 spiro atoms. The molecule has 0 saturated carbocycles. The Kier molecular flexibility index (Phi) is 3.50. The Labute approximate surface area is 133 Å². The van der Waals surface area contributed by atoms with Crippen LogP contribution in [-0.2, 0) is 5.33 Å². The maximum absolute atomic E-state index is 12.5. The lowest BCUT2D eigenvalue weighted by molar-refractivity contribution is -0.385. The lowest BCUT2D eigenvalue weighted by atomic mass is 10.1. The van der Waals surface area contributed by atoms with E-state index in [9.17, 15) is 19.7 Å². The van der Waals surface area contributed by atoms with Crippen molar-refractivity contribution >= 4 is 39.1 Å². The van der Waals surface area contributed by atoms with E-state index in [1.807, 2.05) is 0 Å². The Morgan fingerprint density at radius 2 is 1.59 bits per heavy atom. The monoisotopic (exact) mass is 360 g/mol. The number of nitro groups is 1. The average molecular weight is 361 g/mol. The standard InChI is InChI=1S/C15H9BrN2O4/c16-8-11-12(6-3-7-13(11)18(21)22)17-14(19)9-4-1-2-5-10(9)15(17)20/h1-7H,8H2. The van der Waals surface area contributed by atoms with Crippen molar-refractivity contribution < 1.29 is 14.5 Å². The van der Waals surface area contributed by atoms with Crippen LogP contribution in [0, 0.1) is 10.1 Å². The molecule has 2 amide bonds. The fourth-order valence-electron chi connectivity index (χ4n) is 2.49. The summed E-state index contributed by atoms with van der Waals surface area (Å²) in [6.07, 6.45) is 0. The Balaban J connectivity index is 2.18. The van der Waals surface area contributed by atoms with Gasteiger partial charge in [0, 0.05) is 11.4 Å². The minimum Gasteiger partial charge on any atom is -0.268 e. The molecule has 1 heterocycles. The SMILES string of the molecule is O=C1c2ccccc2C(=O)N1c1cccc([N+](=O)[O-])c1CBr. The summed E-state index contributed by atoms with van der Waals surface area (Å²) < 4.78 is 0. The van der Waals surface area contributed by atoms with Crippen LogP contribution in [0.2, 0.25) is 0 Å². The van der Waals surface area contributed by atoms with Crippen LogP contribution < -0.4 is 4.90 Å². The number of rotatable bonds is 3. The molecule has 0 aliphatic carbocycles. The molecule has 2 aromatic carbocycles. The van der Waals surface area contributed by atoms with Gasteiger partial charge in [-0.2, -0.15) is 0 Å². The van der Waals surface area contributed by atoms with Gasteiger partial charge in [-0.15, -0.1) is 0 Å². The molecular formula is C15H9BrN2O4. The number of hydrogen-bond donors (Lipinski definition) is 0. The first-order valence-electron chi connectivity index (χ1n) is 6.36. The van der Waals surface area contributed by atoms with Gasteiger partial charge < -0.3 is 0 Å². The molecule has 0 radical (unpaired) electrons. The molecule has 0 bridgehead atoms. The summed E-state index contributed by atoms with van der Waals surface area (Å²) in [5, 5.41) is 11.3. The van der Waals surface area contributed by atoms with Gasteiger partial charge in [-0.25, -0.2) is 4.90 Å². The zero-order valence-corrected chi connectivity index (χ0v) is 12.7. The van der Waals surface area contributed by atoms with Crippen molar-refractivity contribution in [3.05, 3.63) is 69.3 Å². The van der Waals surface area contributed by atoms with Gasteiger partial charge in [0.2, 0.25) is 0 Å². The molecule has 1 aliphatic heterocycles. The van der Waals surface area contributed by atoms with E-state index >= 15 is 0 Å². The normalized spacial score (nSPS) is 13.4. The number of anilines is 1. The quantitative estimate of drug-likeness (QED) is 0.364. The number of carbonyl (C=O) groups is 2. The number of halogens is 1. The van der Waals surface area contributed by atoms with Crippen molar-refractivity contribution in [2.75, 3.05) is 4.90 Å². The topological polar surface area (TPSA) is 80.5 Å². The summed E-state index contributed by atoms with van der Waals surface area (Å²) in [5.41, 5.74) is 1.00. The molecule has 6 nitrogen and oxygen atoms in total. The summed E-state index contributed by atoms with van der Waals surface area (Å²) in [6, 6.07) is 10.8. The van der Waals surface area contributed by atoms with E-state index in [1.165, 1.54) is 18.2 Å². The van der Waals surface area contributed by atoms with Crippen LogP contribution >= 0.6 is 15.9 Å². The lowest BCUT2D eigenvalue weighted by Crippen LogP contribution is -2.30. The van der Waals surface area contributed by atoms with E-state index in [-0.39, 0.29) is 16.7 Å². The first kappa shape index (κ1) is 14.4. The van der Waals surface area contributed by atoms with Gasteiger partial charge in [0.15, 0.2) is 0 Å². The number of imide groups is 1. The van der Waals surface area contributed by atoms with Crippen molar-refractivity contribution in [2.24, 2.45) is 0 Å². The highest BCUT2D eigenvalue weighted by molar-refractivity contribution is 9.08. The number of carbonyl (C=O) groups excluding carboxylic acids is 2. The molecular weight excluding hydrogens is 352 g/mol. The van der Waals surface area contributed by atoms with E-state index < -0.39 is 16.7 Å². The van der Waals surface area contributed by atoms with Crippen LogP contribution in [0.4, 0.5) is 11.4 Å². The first-order valence-corrected chi connectivity index (χ1v) is 7.48. The Hall–Kier alpha value is -2.54. The van der Waals surface area contributed by atoms with Crippen molar-refractivity contribution in [3.63, 3.8) is 0 Å². The molecule has 0 N–H and O–H groups in total. The van der Waals surface area contributed by atoms with Crippen LogP contribution in [0.5, 0.6) is 0 Å². The molecule has 0 atom stereocenters. The van der Waals surface area contributed by atoms with Gasteiger partial charge in [-0.3, -0.25) is 19.7 Å². The molecule has 0 aromatic heterocycles. The Morgan fingerprint density at radius 1 is 1.00 bits per heavy atom. The molecule has 110 valence electrons. The molecule has 7 heteroatoms. The van der Waals surface area contributed by atoms with E-state index in [1.54, 1.807) is 24.3 Å². The van der Waals surface area contributed by atoms with Gasteiger partial charge in [-0.1, -0.05) is 34.1 Å². The summed E-state index contributed by atoms with van der Waals surface area (Å²) in [5.74, 6) is -0.938. The molecule has 2 aromatic rings. The fourth-order valence-corrected chi connectivity index (χ4v) is 3.06. The van der Waals surface area contributed by atoms with Gasteiger partial charge in [-0.05, 0) is 18.2 Å². The predicted molar refractivity (Wildman–Crippen MR) is 83.3 cm³/mol. The van der Waals surface area contributed by atoms with Gasteiger partial charge in [0.1, 0.15) is 0 Å². The zero-order chi connectivity index (χ0) is 15.9. The second-order valence-electron chi connectivity index (χ2n) is 4.66. The molecule has 0 saturated heterocycles. The smallest absolute Gasteiger partial charge is 0.268 e. The van der Waals surface area contributed by atoms with Crippen molar-refractivity contribution in [2.45, 2.75) is 5.33 Å². The third-order valence-corrected chi connectivity index (χ3v) is 4.05. The van der Waals surface area contributed by atoms with E-state index in [0.29, 0.717) is 16.7 Å². The summed E-state index contributed by atoms with van der Waals surface area (Å²) in [7, 11) is 0. The molecule has 22 heavy (non-hydrogen) atoms. The molecule has 0 fully saturated rings. The number of nitro benzene ring substituents is 1. The molecule has 1 aliphatic rings. The van der Waals surface area contributed by atoms with E-state index in [0.717, 1.165) is 4.90 Å². The van der Waals surface area contributed by atoms with Crippen LogP contribution in [-0.4, -0.2) is 16.7 Å². The van der Waals surface area contributed by atoms with Gasteiger partial charge >= 0.3 is 0 Å². The minimum atomic E-state index is -0.530. The Bertz CT molecular complexity index is 784. The summed E-state index contributed by atoms with van der Waals surface area (Å²) in [4.78, 5) is 36.5. The average Bonchev–Trinajstić information content (AvgIpc) is 2.78. The molecule has 3 rings (SSSR count).